The summed E-state index contributed by atoms with van der Waals surface area (Å²) in [7, 11) is 1.78. The number of nitrogens with zero attached hydrogens (tertiary/aromatic N) is 4. The third-order valence-corrected chi connectivity index (χ3v) is 5.28. The zero-order valence-electron chi connectivity index (χ0n) is 19.3. The highest BCUT2D eigenvalue weighted by Gasteiger charge is 2.07. The Kier molecular flexibility index (Phi) is 13.1. The number of aryl methyl sites for hydroxylation is 1. The van der Waals surface area contributed by atoms with Crippen LogP contribution < -0.4 is 10.3 Å². The van der Waals surface area contributed by atoms with Gasteiger partial charge < -0.3 is 9.30 Å². The van der Waals surface area contributed by atoms with Crippen LogP contribution in [-0.2, 0) is 13.6 Å². The average molecular weight is 536 g/mol. The van der Waals surface area contributed by atoms with Gasteiger partial charge in [0, 0.05) is 62.9 Å². The molecule has 0 saturated carbocycles. The van der Waals surface area contributed by atoms with Crippen molar-refractivity contribution in [2.45, 2.75) is 6.54 Å². The summed E-state index contributed by atoms with van der Waals surface area (Å²) in [5.41, 5.74) is 3.17. The van der Waals surface area contributed by atoms with E-state index < -0.39 is 0 Å². The van der Waals surface area contributed by atoms with Crippen LogP contribution in [0, 0.1) is 0 Å². The number of aromatic nitrogens is 3. The van der Waals surface area contributed by atoms with E-state index in [0.717, 1.165) is 47.4 Å². The molecule has 1 aromatic carbocycles. The summed E-state index contributed by atoms with van der Waals surface area (Å²) in [6.07, 6.45) is 11.5. The fourth-order valence-electron chi connectivity index (χ4n) is 3.54. The smallest absolute Gasteiger partial charge is 0.250 e. The average Bonchev–Trinajstić information content (AvgIpc) is 2.83. The fraction of sp³-hybridized carbons (Fsp3) is 0.192. The number of hydrogen-bond acceptors (Lipinski definition) is 5. The summed E-state index contributed by atoms with van der Waals surface area (Å²) in [4.78, 5) is 22.4. The number of hydrogen-bond donors (Lipinski definition) is 0. The number of fused-ring (bicyclic) bond motifs is 1. The Bertz CT molecular complexity index is 1250. The second kappa shape index (κ2) is 15.2. The van der Waals surface area contributed by atoms with Crippen molar-refractivity contribution in [1.29, 1.82) is 0 Å². The van der Waals surface area contributed by atoms with Crippen molar-refractivity contribution < 1.29 is 4.74 Å². The molecule has 0 aliphatic carbocycles. The molecule has 0 bridgehead atoms. The van der Waals surface area contributed by atoms with E-state index in [2.05, 4.69) is 33.1 Å². The molecule has 0 unspecified atom stereocenters. The Morgan fingerprint density at radius 3 is 2.51 bits per heavy atom. The van der Waals surface area contributed by atoms with Gasteiger partial charge in [0.15, 0.2) is 0 Å². The Morgan fingerprint density at radius 1 is 0.971 bits per heavy atom. The number of rotatable bonds is 9. The molecule has 0 atom stereocenters. The molecule has 0 spiro atoms. The van der Waals surface area contributed by atoms with Crippen molar-refractivity contribution in [2.75, 3.05) is 19.7 Å². The second-order valence-corrected chi connectivity index (χ2v) is 7.58. The zero-order chi connectivity index (χ0) is 22.2. The molecule has 6 nitrogen and oxygen atoms in total. The molecule has 186 valence electrons. The van der Waals surface area contributed by atoms with E-state index in [1.807, 2.05) is 48.7 Å². The van der Waals surface area contributed by atoms with E-state index in [-0.39, 0.29) is 42.8 Å². The van der Waals surface area contributed by atoms with Crippen molar-refractivity contribution in [3.05, 3.63) is 107 Å². The van der Waals surface area contributed by atoms with Crippen LogP contribution in [0.3, 0.4) is 0 Å². The minimum atomic E-state index is -0.0166. The molecule has 35 heavy (non-hydrogen) atoms. The van der Waals surface area contributed by atoms with Gasteiger partial charge >= 0.3 is 0 Å². The van der Waals surface area contributed by atoms with E-state index >= 15 is 0 Å². The predicted octanol–water partition coefficient (Wildman–Crippen LogP) is 5.19. The molecule has 0 aliphatic rings. The van der Waals surface area contributed by atoms with Crippen LogP contribution in [0.2, 0.25) is 0 Å². The lowest BCUT2D eigenvalue weighted by Crippen LogP contribution is -2.28. The first-order valence-corrected chi connectivity index (χ1v) is 10.6. The van der Waals surface area contributed by atoms with Gasteiger partial charge in [-0.2, -0.15) is 0 Å². The van der Waals surface area contributed by atoms with Gasteiger partial charge in [0.25, 0.3) is 5.56 Å². The Labute approximate surface area is 223 Å². The van der Waals surface area contributed by atoms with E-state index in [4.69, 9.17) is 4.74 Å². The summed E-state index contributed by atoms with van der Waals surface area (Å²) < 4.78 is 7.68. The maximum Gasteiger partial charge on any atom is 0.250 e. The van der Waals surface area contributed by atoms with Crippen molar-refractivity contribution in [2.24, 2.45) is 7.05 Å². The lowest BCUT2D eigenvalue weighted by molar-refractivity contribution is 0.217. The van der Waals surface area contributed by atoms with Crippen LogP contribution in [0.1, 0.15) is 11.1 Å². The molecular weight excluding hydrogens is 507 g/mol. The zero-order valence-corrected chi connectivity index (χ0v) is 21.8. The van der Waals surface area contributed by atoms with Crippen LogP contribution >= 0.6 is 37.2 Å². The van der Waals surface area contributed by atoms with Crippen LogP contribution in [0.4, 0.5) is 0 Å². The van der Waals surface area contributed by atoms with Crippen molar-refractivity contribution >= 4 is 54.2 Å². The van der Waals surface area contributed by atoms with Gasteiger partial charge in [-0.15, -0.1) is 37.2 Å². The third kappa shape index (κ3) is 8.67. The molecule has 0 radical (unpaired) electrons. The minimum Gasteiger partial charge on any atom is -0.492 e. The molecule has 0 aliphatic heterocycles. The first kappa shape index (κ1) is 30.1. The summed E-state index contributed by atoms with van der Waals surface area (Å²) in [6, 6.07) is 17.2. The third-order valence-electron chi connectivity index (χ3n) is 5.28. The summed E-state index contributed by atoms with van der Waals surface area (Å²) in [5, 5.41) is 0.983. The van der Waals surface area contributed by atoms with Gasteiger partial charge in [-0.05, 0) is 53.6 Å². The molecule has 4 rings (SSSR count). The molecule has 3 heterocycles. The minimum absolute atomic E-state index is 0. The predicted molar refractivity (Wildman–Crippen MR) is 149 cm³/mol. The fourth-order valence-corrected chi connectivity index (χ4v) is 3.54. The number of ether oxygens (including phenoxy) is 1. The highest BCUT2D eigenvalue weighted by Crippen LogP contribution is 2.19. The summed E-state index contributed by atoms with van der Waals surface area (Å²) in [5.74, 6) is 0.796. The Morgan fingerprint density at radius 2 is 1.77 bits per heavy atom. The van der Waals surface area contributed by atoms with Gasteiger partial charge in [-0.3, -0.25) is 19.7 Å². The lowest BCUT2D eigenvalue weighted by Gasteiger charge is -2.21. The molecule has 4 aromatic rings. The van der Waals surface area contributed by atoms with Gasteiger partial charge in [0.1, 0.15) is 12.4 Å². The molecule has 0 N–H and O–H groups in total. The van der Waals surface area contributed by atoms with Crippen molar-refractivity contribution in [1.82, 2.24) is 19.4 Å². The monoisotopic (exact) mass is 534 g/mol. The Hall–Kier alpha value is -2.90. The first-order valence-electron chi connectivity index (χ1n) is 10.6. The molecule has 9 heteroatoms. The summed E-state index contributed by atoms with van der Waals surface area (Å²) in [6.45, 7) is 2.90. The lowest BCUT2D eigenvalue weighted by atomic mass is 10.2. The van der Waals surface area contributed by atoms with Gasteiger partial charge in [-0.1, -0.05) is 18.2 Å². The quantitative estimate of drug-likeness (QED) is 0.295. The molecule has 0 saturated heterocycles. The topological polar surface area (TPSA) is 60.2 Å². The molecule has 0 amide bonds. The van der Waals surface area contributed by atoms with Crippen LogP contribution in [0.15, 0.2) is 90.3 Å². The molecule has 3 aromatic heterocycles. The maximum atomic E-state index is 11.8. The van der Waals surface area contributed by atoms with Crippen molar-refractivity contribution in [3.8, 4) is 5.75 Å². The van der Waals surface area contributed by atoms with E-state index in [9.17, 15) is 4.79 Å². The van der Waals surface area contributed by atoms with Gasteiger partial charge in [0.2, 0.25) is 0 Å². The van der Waals surface area contributed by atoms with Gasteiger partial charge in [0.05, 0.1) is 5.52 Å². The van der Waals surface area contributed by atoms with Crippen LogP contribution in [0.25, 0.3) is 17.0 Å². The largest absolute Gasteiger partial charge is 0.492 e. The van der Waals surface area contributed by atoms with Crippen molar-refractivity contribution in [3.63, 3.8) is 0 Å². The standard InChI is InChI=1S/C26H26N4O2.3ClH/c1-29-25-8-7-24(18-23(25)6-9-26(29)31)32-17-16-30(20-22-4-2-12-28-19-22)15-3-5-21-10-13-27-14-11-21;;;/h2-14,18-19H,15-17,20H2,1H3;3*1H. The number of pyridine rings is 3. The molecule has 0 fully saturated rings. The van der Waals surface area contributed by atoms with Crippen LogP contribution in [-0.4, -0.2) is 39.1 Å². The van der Waals surface area contributed by atoms with Gasteiger partial charge in [-0.25, -0.2) is 0 Å². The highest BCUT2D eigenvalue weighted by molar-refractivity contribution is 5.86. The SMILES string of the molecule is Cl.Cl.Cl.Cn1c(=O)ccc2cc(OCCN(CC=Cc3ccncc3)Cc3cccnc3)ccc21. The highest BCUT2D eigenvalue weighted by atomic mass is 35.5. The summed E-state index contributed by atoms with van der Waals surface area (Å²) >= 11 is 0. The second-order valence-electron chi connectivity index (χ2n) is 7.58. The molecular formula is C26H29Cl3N4O2. The normalized spacial score (nSPS) is 10.5. The Balaban J connectivity index is 0.00000204. The van der Waals surface area contributed by atoms with E-state index in [1.54, 1.807) is 36.3 Å². The van der Waals surface area contributed by atoms with Crippen LogP contribution in [0.5, 0.6) is 5.75 Å². The van der Waals surface area contributed by atoms with E-state index in [0.29, 0.717) is 6.61 Å². The first-order chi connectivity index (χ1) is 15.7. The maximum absolute atomic E-state index is 11.8. The van der Waals surface area contributed by atoms with E-state index in [1.165, 1.54) is 0 Å². The number of halogens is 3. The number of benzene rings is 1.